The van der Waals surface area contributed by atoms with Gasteiger partial charge in [-0.25, -0.2) is 0 Å². The van der Waals surface area contributed by atoms with Crippen molar-refractivity contribution in [3.8, 4) is 0 Å². The van der Waals surface area contributed by atoms with E-state index in [1.54, 1.807) is 36.4 Å². The summed E-state index contributed by atoms with van der Waals surface area (Å²) < 4.78 is 0. The molecule has 5 aliphatic rings. The molecule has 3 atom stereocenters. The number of rotatable bonds is 6. The fraction of sp³-hybridized carbons (Fsp3) is 0.205. The summed E-state index contributed by atoms with van der Waals surface area (Å²) in [7, 11) is 0. The molecule has 3 aromatic rings. The maximum atomic E-state index is 11.6. The summed E-state index contributed by atoms with van der Waals surface area (Å²) in [5.41, 5.74) is 9.53. The molecule has 0 saturated carbocycles. The highest BCUT2D eigenvalue weighted by Crippen LogP contribution is 2.46. The van der Waals surface area contributed by atoms with E-state index in [9.17, 15) is 30.3 Å². The van der Waals surface area contributed by atoms with Gasteiger partial charge in [0.2, 0.25) is 0 Å². The van der Waals surface area contributed by atoms with Crippen LogP contribution in [0.3, 0.4) is 0 Å². The van der Waals surface area contributed by atoms with Crippen molar-refractivity contribution in [2.45, 2.75) is 44.7 Å². The van der Waals surface area contributed by atoms with Gasteiger partial charge < -0.3 is 16.0 Å². The van der Waals surface area contributed by atoms with Crippen LogP contribution in [-0.4, -0.2) is 32.1 Å². The first-order valence-electron chi connectivity index (χ1n) is 16.9. The molecule has 3 aromatic carbocycles. The van der Waals surface area contributed by atoms with E-state index < -0.39 is 20.3 Å². The van der Waals surface area contributed by atoms with Crippen molar-refractivity contribution < 1.29 is 14.8 Å². The van der Waals surface area contributed by atoms with Crippen LogP contribution in [-0.2, 0) is 0 Å². The van der Waals surface area contributed by atoms with Crippen molar-refractivity contribution in [3.63, 3.8) is 0 Å². The van der Waals surface area contributed by atoms with Gasteiger partial charge in [0.05, 0.1) is 37.8 Å². The van der Waals surface area contributed by atoms with Crippen molar-refractivity contribution in [1.82, 2.24) is 16.0 Å². The minimum absolute atomic E-state index is 0.00223. The summed E-state index contributed by atoms with van der Waals surface area (Å²) in [4.78, 5) is 38.6. The Balaban J connectivity index is 1.34. The Bertz CT molecular complexity index is 2300. The average molecular weight is 696 g/mol. The van der Waals surface area contributed by atoms with Gasteiger partial charge in [0.1, 0.15) is 0 Å². The highest BCUT2D eigenvalue weighted by Gasteiger charge is 2.40. The number of aliphatic imine (C=N–C) groups is 1. The van der Waals surface area contributed by atoms with Gasteiger partial charge in [0.25, 0.3) is 17.1 Å². The van der Waals surface area contributed by atoms with Gasteiger partial charge in [-0.1, -0.05) is 19.1 Å². The van der Waals surface area contributed by atoms with Crippen LogP contribution in [0.25, 0.3) is 16.7 Å². The van der Waals surface area contributed by atoms with Crippen molar-refractivity contribution in [2.75, 3.05) is 0 Å². The van der Waals surface area contributed by atoms with E-state index in [1.807, 2.05) is 12.2 Å². The zero-order valence-corrected chi connectivity index (χ0v) is 28.3. The van der Waals surface area contributed by atoms with Crippen molar-refractivity contribution in [2.24, 2.45) is 10.9 Å². The number of hydrogen-bond acceptors (Lipinski definition) is 10. The van der Waals surface area contributed by atoms with Crippen LogP contribution < -0.4 is 16.0 Å². The van der Waals surface area contributed by atoms with Crippen LogP contribution in [0.5, 0.6) is 0 Å². The summed E-state index contributed by atoms with van der Waals surface area (Å²) >= 11 is 0. The normalized spacial score (nSPS) is 23.2. The predicted octanol–water partition coefficient (Wildman–Crippen LogP) is 7.48. The lowest BCUT2D eigenvalue weighted by Crippen LogP contribution is -2.39. The van der Waals surface area contributed by atoms with Gasteiger partial charge in [0.15, 0.2) is 0 Å². The van der Waals surface area contributed by atoms with E-state index in [0.29, 0.717) is 19.3 Å². The van der Waals surface area contributed by atoms with Gasteiger partial charge in [-0.15, -0.1) is 0 Å². The molecule has 0 aromatic heterocycles. The van der Waals surface area contributed by atoms with E-state index in [0.717, 1.165) is 67.6 Å². The third kappa shape index (κ3) is 5.56. The molecule has 8 rings (SSSR count). The molecule has 8 bridgehead atoms. The quantitative estimate of drug-likeness (QED) is 0.174. The number of nitro benzene ring substituents is 3. The average Bonchev–Trinajstić information content (AvgIpc) is 3.95. The fourth-order valence-electron chi connectivity index (χ4n) is 7.82. The molecule has 13 heteroatoms. The topological polar surface area (TPSA) is 178 Å². The molecule has 0 spiro atoms. The Kier molecular flexibility index (Phi) is 7.70. The number of benzene rings is 3. The molecule has 0 amide bonds. The smallest absolute Gasteiger partial charge is 0.269 e. The molecule has 1 saturated heterocycles. The Morgan fingerprint density at radius 3 is 1.87 bits per heavy atom. The maximum Gasteiger partial charge on any atom is 0.269 e. The Labute approximate surface area is 298 Å². The first-order chi connectivity index (χ1) is 25.0. The third-order valence-corrected chi connectivity index (χ3v) is 10.3. The molecule has 1 fully saturated rings. The molecule has 0 radical (unpaired) electrons. The standard InChI is InChI=1S/C39H33N7O6/c1-22-21-34-35(23-3-9-26(10-4-23)44(47)48)31-17-15-29(40-31)30-16-18-33(41-30)37(25-7-13-28(14-8-25)46(51)52)39(2)20-19-32(43-39)36(38(22)42-34)24-5-11-27(12-6-24)45(49)50/h3-14,16-19,22,29,40,42-43H,15,20-21H2,1-2H3. The second-order valence-electron chi connectivity index (χ2n) is 13.7. The van der Waals surface area contributed by atoms with E-state index in [1.165, 1.54) is 36.4 Å². The zero-order chi connectivity index (χ0) is 36.3. The van der Waals surface area contributed by atoms with Crippen molar-refractivity contribution in [3.05, 3.63) is 173 Å². The molecule has 52 heavy (non-hydrogen) atoms. The van der Waals surface area contributed by atoms with Crippen LogP contribution in [0.15, 0.2) is 131 Å². The Hall–Kier alpha value is -6.63. The van der Waals surface area contributed by atoms with Gasteiger partial charge in [0, 0.05) is 81.8 Å². The fourth-order valence-corrected chi connectivity index (χ4v) is 7.82. The largest absolute Gasteiger partial charge is 0.376 e. The molecule has 13 nitrogen and oxygen atoms in total. The number of allylic oxidation sites excluding steroid dienone is 5. The summed E-state index contributed by atoms with van der Waals surface area (Å²) in [6, 6.07) is 19.5. The van der Waals surface area contributed by atoms with Gasteiger partial charge in [-0.2, -0.15) is 0 Å². The molecule has 3 unspecified atom stereocenters. The summed E-state index contributed by atoms with van der Waals surface area (Å²) in [6.45, 7) is 4.23. The SMILES string of the molecule is CC1CC2=C(c3ccc([N+](=O)[O-])cc3)C3=CCC(N3)C3=NC(=C(c4ccc([N+](=O)[O-])cc4)C4(C)CC=C(N4)C(c4ccc([N+](=O)[O-])cc4)=C1N2)C=C3. The van der Waals surface area contributed by atoms with Crippen LogP contribution in [0.2, 0.25) is 0 Å². The van der Waals surface area contributed by atoms with E-state index >= 15 is 0 Å². The van der Waals surface area contributed by atoms with Crippen LogP contribution in [0.1, 0.15) is 49.8 Å². The highest BCUT2D eigenvalue weighted by atomic mass is 16.6. The summed E-state index contributed by atoms with van der Waals surface area (Å²) in [5.74, 6) is 0.00298. The Morgan fingerprint density at radius 2 is 1.29 bits per heavy atom. The zero-order valence-electron chi connectivity index (χ0n) is 28.3. The Morgan fingerprint density at radius 1 is 0.731 bits per heavy atom. The molecular formula is C39H33N7O6. The first kappa shape index (κ1) is 32.6. The van der Waals surface area contributed by atoms with Crippen molar-refractivity contribution >= 4 is 39.5 Å². The highest BCUT2D eigenvalue weighted by molar-refractivity contribution is 6.05. The lowest BCUT2D eigenvalue weighted by molar-refractivity contribution is -0.385. The monoisotopic (exact) mass is 695 g/mol. The lowest BCUT2D eigenvalue weighted by Gasteiger charge is -2.32. The van der Waals surface area contributed by atoms with Crippen LogP contribution in [0.4, 0.5) is 17.1 Å². The molecule has 5 aliphatic heterocycles. The number of nitrogens with one attached hydrogen (secondary N) is 3. The second-order valence-corrected chi connectivity index (χ2v) is 13.7. The summed E-state index contributed by atoms with van der Waals surface area (Å²) in [6.07, 6.45) is 10.1. The second kappa shape index (κ2) is 12.3. The minimum Gasteiger partial charge on any atom is -0.376 e. The minimum atomic E-state index is -0.687. The number of hydrogen-bond donors (Lipinski definition) is 3. The number of nitro groups is 3. The molecule has 260 valence electrons. The summed E-state index contributed by atoms with van der Waals surface area (Å²) in [5, 5.41) is 46.0. The maximum absolute atomic E-state index is 11.6. The number of non-ortho nitro benzene ring substituents is 3. The first-order valence-corrected chi connectivity index (χ1v) is 16.9. The van der Waals surface area contributed by atoms with Gasteiger partial charge in [-0.05, 0) is 91.4 Å². The predicted molar refractivity (Wildman–Crippen MR) is 197 cm³/mol. The molecular weight excluding hydrogens is 662 g/mol. The van der Waals surface area contributed by atoms with E-state index in [4.69, 9.17) is 4.99 Å². The van der Waals surface area contributed by atoms with Gasteiger partial charge >= 0.3 is 0 Å². The van der Waals surface area contributed by atoms with Gasteiger partial charge in [-0.3, -0.25) is 35.3 Å². The number of fused-ring (bicyclic) bond motifs is 8. The molecule has 5 heterocycles. The molecule has 3 N–H and O–H groups in total. The lowest BCUT2D eigenvalue weighted by atomic mass is 9.83. The van der Waals surface area contributed by atoms with Crippen LogP contribution in [0, 0.1) is 36.3 Å². The van der Waals surface area contributed by atoms with Crippen molar-refractivity contribution in [1.29, 1.82) is 0 Å². The number of nitrogens with zero attached hydrogens (tertiary/aromatic N) is 4. The third-order valence-electron chi connectivity index (χ3n) is 10.3. The molecule has 0 aliphatic carbocycles. The van der Waals surface area contributed by atoms with E-state index in [2.05, 4.69) is 41.9 Å². The van der Waals surface area contributed by atoms with E-state index in [-0.39, 0.29) is 29.0 Å². The van der Waals surface area contributed by atoms with Crippen LogP contribution >= 0.6 is 0 Å².